The lowest BCUT2D eigenvalue weighted by molar-refractivity contribution is -0.118. The third-order valence-electron chi connectivity index (χ3n) is 4.84. The summed E-state index contributed by atoms with van der Waals surface area (Å²) in [5.74, 6) is 1.67. The van der Waals surface area contributed by atoms with Gasteiger partial charge in [-0.1, -0.05) is 30.3 Å². The van der Waals surface area contributed by atoms with Crippen LogP contribution >= 0.6 is 0 Å². The van der Waals surface area contributed by atoms with Gasteiger partial charge >= 0.3 is 0 Å². The van der Waals surface area contributed by atoms with Crippen LogP contribution in [-0.2, 0) is 11.3 Å². The summed E-state index contributed by atoms with van der Waals surface area (Å²) in [5.41, 5.74) is 1.61. The van der Waals surface area contributed by atoms with Gasteiger partial charge < -0.3 is 29.6 Å². The van der Waals surface area contributed by atoms with Crippen molar-refractivity contribution in [1.82, 2.24) is 5.32 Å². The zero-order valence-corrected chi connectivity index (χ0v) is 18.1. The van der Waals surface area contributed by atoms with Crippen LogP contribution < -0.4 is 29.6 Å². The van der Waals surface area contributed by atoms with Gasteiger partial charge in [0.2, 0.25) is 6.79 Å². The molecule has 0 unspecified atom stereocenters. The first kappa shape index (κ1) is 22.0. The Bertz CT molecular complexity index is 1150. The fraction of sp³-hybridized carbons (Fsp3) is 0.200. The molecule has 0 aliphatic carbocycles. The maximum Gasteiger partial charge on any atom is 0.262 e. The van der Waals surface area contributed by atoms with E-state index < -0.39 is 5.91 Å². The van der Waals surface area contributed by atoms with Crippen molar-refractivity contribution >= 4 is 17.5 Å². The zero-order chi connectivity index (χ0) is 23.0. The van der Waals surface area contributed by atoms with Crippen LogP contribution in [0.4, 0.5) is 5.69 Å². The first-order valence-corrected chi connectivity index (χ1v) is 10.5. The largest absolute Gasteiger partial charge is 0.490 e. The van der Waals surface area contributed by atoms with Crippen LogP contribution in [0, 0.1) is 0 Å². The quantitative estimate of drug-likeness (QED) is 0.518. The van der Waals surface area contributed by atoms with Crippen LogP contribution in [0.1, 0.15) is 22.8 Å². The van der Waals surface area contributed by atoms with Crippen LogP contribution in [0.3, 0.4) is 0 Å². The Labute approximate surface area is 191 Å². The third kappa shape index (κ3) is 5.54. The smallest absolute Gasteiger partial charge is 0.262 e. The molecular formula is C25H24N2O6. The Morgan fingerprint density at radius 1 is 0.909 bits per heavy atom. The van der Waals surface area contributed by atoms with E-state index in [1.807, 2.05) is 31.2 Å². The second kappa shape index (κ2) is 10.4. The average molecular weight is 448 g/mol. The van der Waals surface area contributed by atoms with E-state index in [4.69, 9.17) is 18.9 Å². The number of carbonyl (C=O) groups excluding carboxylic acids is 2. The van der Waals surface area contributed by atoms with Crippen molar-refractivity contribution in [3.63, 3.8) is 0 Å². The fourth-order valence-electron chi connectivity index (χ4n) is 3.29. The third-order valence-corrected chi connectivity index (χ3v) is 4.84. The molecule has 0 bridgehead atoms. The van der Waals surface area contributed by atoms with Gasteiger partial charge in [0.15, 0.2) is 29.6 Å². The fourth-order valence-corrected chi connectivity index (χ4v) is 3.29. The molecule has 2 amide bonds. The van der Waals surface area contributed by atoms with Gasteiger partial charge in [0.25, 0.3) is 11.8 Å². The summed E-state index contributed by atoms with van der Waals surface area (Å²) in [6.07, 6.45) is 0. The molecule has 1 aliphatic heterocycles. The molecule has 8 nitrogen and oxygen atoms in total. The normalized spacial score (nSPS) is 11.5. The van der Waals surface area contributed by atoms with Gasteiger partial charge in [-0.05, 0) is 48.9 Å². The molecule has 33 heavy (non-hydrogen) atoms. The standard InChI is InChI=1S/C25H24N2O6/c1-2-30-20-9-5-6-10-21(20)31-15-24(28)27-19-8-4-3-7-18(19)25(29)26-14-17-11-12-22-23(13-17)33-16-32-22/h3-13H,2,14-16H2,1H3,(H,26,29)(H,27,28). The molecule has 0 spiro atoms. The van der Waals surface area contributed by atoms with Crippen LogP contribution in [0.2, 0.25) is 0 Å². The summed E-state index contributed by atoms with van der Waals surface area (Å²) in [7, 11) is 0. The number of fused-ring (bicyclic) bond motifs is 1. The molecule has 0 radical (unpaired) electrons. The van der Waals surface area contributed by atoms with Gasteiger partial charge in [0, 0.05) is 6.54 Å². The van der Waals surface area contributed by atoms with Crippen molar-refractivity contribution in [3.05, 3.63) is 77.9 Å². The molecule has 3 aromatic carbocycles. The predicted octanol–water partition coefficient (Wildman–Crippen LogP) is 3.76. The molecular weight excluding hydrogens is 424 g/mol. The summed E-state index contributed by atoms with van der Waals surface area (Å²) in [4.78, 5) is 25.3. The van der Waals surface area contributed by atoms with E-state index in [2.05, 4.69) is 10.6 Å². The highest BCUT2D eigenvalue weighted by Gasteiger charge is 2.16. The highest BCUT2D eigenvalue weighted by molar-refractivity contribution is 6.04. The molecule has 0 atom stereocenters. The number of para-hydroxylation sites is 3. The van der Waals surface area contributed by atoms with Gasteiger partial charge in [-0.2, -0.15) is 0 Å². The van der Waals surface area contributed by atoms with Gasteiger partial charge in [-0.25, -0.2) is 0 Å². The SMILES string of the molecule is CCOc1ccccc1OCC(=O)Nc1ccccc1C(=O)NCc1ccc2c(c1)OCO2. The molecule has 0 saturated carbocycles. The Hall–Kier alpha value is -4.20. The Morgan fingerprint density at radius 2 is 1.64 bits per heavy atom. The number of anilines is 1. The lowest BCUT2D eigenvalue weighted by atomic mass is 10.1. The van der Waals surface area contributed by atoms with Crippen LogP contribution in [-0.4, -0.2) is 31.8 Å². The monoisotopic (exact) mass is 448 g/mol. The second-order valence-corrected chi connectivity index (χ2v) is 7.13. The number of nitrogens with one attached hydrogen (secondary N) is 2. The lowest BCUT2D eigenvalue weighted by Gasteiger charge is -2.13. The zero-order valence-electron chi connectivity index (χ0n) is 18.1. The first-order valence-electron chi connectivity index (χ1n) is 10.5. The van der Waals surface area contributed by atoms with Gasteiger partial charge in [-0.3, -0.25) is 9.59 Å². The number of benzene rings is 3. The summed E-state index contributed by atoms with van der Waals surface area (Å²) in [6.45, 7) is 2.63. The van der Waals surface area contributed by atoms with E-state index in [1.54, 1.807) is 42.5 Å². The van der Waals surface area contributed by atoms with E-state index >= 15 is 0 Å². The molecule has 0 aromatic heterocycles. The summed E-state index contributed by atoms with van der Waals surface area (Å²) < 4.78 is 21.8. The topological polar surface area (TPSA) is 95.1 Å². The number of hydrogen-bond donors (Lipinski definition) is 2. The highest BCUT2D eigenvalue weighted by atomic mass is 16.7. The molecule has 3 aromatic rings. The predicted molar refractivity (Wildman–Crippen MR) is 122 cm³/mol. The minimum Gasteiger partial charge on any atom is -0.490 e. The summed E-state index contributed by atoms with van der Waals surface area (Å²) in [6, 6.07) is 19.4. The molecule has 0 fully saturated rings. The van der Waals surface area contributed by atoms with Crippen molar-refractivity contribution in [2.75, 3.05) is 25.3 Å². The van der Waals surface area contributed by atoms with E-state index in [0.29, 0.717) is 47.4 Å². The van der Waals surface area contributed by atoms with Gasteiger partial charge in [0.05, 0.1) is 17.9 Å². The van der Waals surface area contributed by atoms with Crippen molar-refractivity contribution < 1.29 is 28.5 Å². The Balaban J connectivity index is 1.35. The van der Waals surface area contributed by atoms with Gasteiger partial charge in [-0.15, -0.1) is 0 Å². The minimum atomic E-state index is -0.391. The van der Waals surface area contributed by atoms with Crippen molar-refractivity contribution in [3.8, 4) is 23.0 Å². The van der Waals surface area contributed by atoms with E-state index in [9.17, 15) is 9.59 Å². The van der Waals surface area contributed by atoms with Crippen LogP contribution in [0.15, 0.2) is 66.7 Å². The molecule has 1 heterocycles. The molecule has 2 N–H and O–H groups in total. The second-order valence-electron chi connectivity index (χ2n) is 7.13. The molecule has 1 aliphatic rings. The molecule has 0 saturated heterocycles. The number of hydrogen-bond acceptors (Lipinski definition) is 6. The molecule has 4 rings (SSSR count). The average Bonchev–Trinajstić information content (AvgIpc) is 3.30. The molecule has 8 heteroatoms. The summed E-state index contributed by atoms with van der Waals surface area (Å²) >= 11 is 0. The number of carbonyl (C=O) groups is 2. The highest BCUT2D eigenvalue weighted by Crippen LogP contribution is 2.32. The Morgan fingerprint density at radius 3 is 2.45 bits per heavy atom. The number of ether oxygens (including phenoxy) is 4. The van der Waals surface area contributed by atoms with Crippen LogP contribution in [0.5, 0.6) is 23.0 Å². The summed E-state index contributed by atoms with van der Waals surface area (Å²) in [5, 5.41) is 5.61. The maximum atomic E-state index is 12.8. The maximum absolute atomic E-state index is 12.8. The van der Waals surface area contributed by atoms with Crippen molar-refractivity contribution in [1.29, 1.82) is 0 Å². The minimum absolute atomic E-state index is 0.194. The van der Waals surface area contributed by atoms with Gasteiger partial charge in [0.1, 0.15) is 0 Å². The number of rotatable bonds is 9. The number of amides is 2. The Kier molecular flexibility index (Phi) is 6.94. The van der Waals surface area contributed by atoms with E-state index in [-0.39, 0.29) is 19.3 Å². The van der Waals surface area contributed by atoms with E-state index in [1.165, 1.54) is 0 Å². The molecule has 170 valence electrons. The van der Waals surface area contributed by atoms with E-state index in [0.717, 1.165) is 5.56 Å². The van der Waals surface area contributed by atoms with Crippen molar-refractivity contribution in [2.24, 2.45) is 0 Å². The van der Waals surface area contributed by atoms with Crippen molar-refractivity contribution in [2.45, 2.75) is 13.5 Å². The van der Waals surface area contributed by atoms with Crippen LogP contribution in [0.25, 0.3) is 0 Å². The lowest BCUT2D eigenvalue weighted by Crippen LogP contribution is -2.26. The first-order chi connectivity index (χ1) is 16.1.